The smallest absolute Gasteiger partial charge is 0.209 e. The van der Waals surface area contributed by atoms with Crippen molar-refractivity contribution in [2.75, 3.05) is 7.05 Å². The molecule has 0 radical (unpaired) electrons. The minimum Gasteiger partial charge on any atom is -0.209 e. The van der Waals surface area contributed by atoms with Crippen molar-refractivity contribution in [3.8, 4) is 0 Å². The van der Waals surface area contributed by atoms with Gasteiger partial charge in [-0.1, -0.05) is 64.6 Å². The molecule has 0 N–H and O–H groups in total. The molecule has 0 saturated heterocycles. The van der Waals surface area contributed by atoms with Crippen LogP contribution in [0.25, 0.3) is 0 Å². The van der Waals surface area contributed by atoms with Gasteiger partial charge in [-0.3, -0.25) is 0 Å². The summed E-state index contributed by atoms with van der Waals surface area (Å²) >= 11 is 27.9. The molecule has 0 aromatic heterocycles. The number of sulfonamides is 1. The first kappa shape index (κ1) is 17.2. The maximum atomic E-state index is 11.7. The Morgan fingerprint density at radius 2 is 1.75 bits per heavy atom. The van der Waals surface area contributed by atoms with Crippen LogP contribution in [-0.4, -0.2) is 23.9 Å². The number of hydrogen-bond acceptors (Lipinski definition) is 3. The fourth-order valence-corrected chi connectivity index (χ4v) is 3.75. The van der Waals surface area contributed by atoms with E-state index in [-0.39, 0.29) is 13.9 Å². The van der Waals surface area contributed by atoms with Crippen LogP contribution in [0.1, 0.15) is 0 Å². The highest BCUT2D eigenvalue weighted by Gasteiger charge is 2.31. The van der Waals surface area contributed by atoms with Crippen LogP contribution >= 0.6 is 70.0 Å². The van der Waals surface area contributed by atoms with E-state index >= 15 is 0 Å². The maximum absolute atomic E-state index is 11.7. The normalized spacial score (nSPS) is 13.7. The highest BCUT2D eigenvalue weighted by Crippen LogP contribution is 2.34. The van der Waals surface area contributed by atoms with E-state index in [1.54, 1.807) is 0 Å². The lowest BCUT2D eigenvalue weighted by molar-refractivity contribution is 0.565. The Morgan fingerprint density at radius 1 is 1.31 bits per heavy atom. The minimum atomic E-state index is -3.87. The fourth-order valence-electron chi connectivity index (χ4n) is 0.491. The summed E-state index contributed by atoms with van der Waals surface area (Å²) < 4.78 is 22.4. The van der Waals surface area contributed by atoms with Gasteiger partial charge in [-0.25, -0.2) is 8.42 Å². The van der Waals surface area contributed by atoms with Crippen molar-refractivity contribution < 1.29 is 8.42 Å². The zero-order valence-corrected chi connectivity index (χ0v) is 13.2. The van der Waals surface area contributed by atoms with Crippen LogP contribution in [0.15, 0.2) is 20.5 Å². The van der Waals surface area contributed by atoms with Crippen LogP contribution < -0.4 is 0 Å². The zero-order chi connectivity index (χ0) is 13.1. The molecule has 0 aliphatic carbocycles. The minimum absolute atomic E-state index is 0.0986. The van der Waals surface area contributed by atoms with Gasteiger partial charge in [0.05, 0.1) is 0 Å². The summed E-state index contributed by atoms with van der Waals surface area (Å²) in [4.78, 5) is 0. The molecule has 0 amide bonds. The van der Waals surface area contributed by atoms with Crippen LogP contribution in [0.2, 0.25) is 0 Å². The highest BCUT2D eigenvalue weighted by molar-refractivity contribution is 8.12. The van der Waals surface area contributed by atoms with Crippen molar-refractivity contribution in [3.63, 3.8) is 0 Å². The van der Waals surface area contributed by atoms with Crippen LogP contribution in [0.4, 0.5) is 0 Å². The van der Waals surface area contributed by atoms with E-state index in [0.717, 1.165) is 3.71 Å². The molecule has 94 valence electrons. The molecule has 16 heavy (non-hydrogen) atoms. The molecule has 0 saturated carbocycles. The summed E-state index contributed by atoms with van der Waals surface area (Å²) in [7, 11) is -2.64. The molecule has 10 heteroatoms. The summed E-state index contributed by atoms with van der Waals surface area (Å²) in [6.45, 7) is 3.24. The van der Waals surface area contributed by atoms with Gasteiger partial charge in [0.2, 0.25) is 10.0 Å². The van der Waals surface area contributed by atoms with E-state index < -0.39 is 14.7 Å². The SMILES string of the molecule is C=C(Cl)C(Cl)S(=O)(=O)N(C)SC(Cl)=C(Cl)Cl. The van der Waals surface area contributed by atoms with E-state index in [1.807, 2.05) is 0 Å². The van der Waals surface area contributed by atoms with Gasteiger partial charge in [0.25, 0.3) is 0 Å². The molecule has 0 rings (SSSR count). The summed E-state index contributed by atoms with van der Waals surface area (Å²) in [5, 5.41) is -0.216. The number of hydrogen-bond donors (Lipinski definition) is 0. The van der Waals surface area contributed by atoms with Crippen LogP contribution in [0.3, 0.4) is 0 Å². The molecule has 0 spiro atoms. The lowest BCUT2D eigenvalue weighted by Gasteiger charge is -2.18. The summed E-state index contributed by atoms with van der Waals surface area (Å²) in [5.74, 6) is 0. The Labute approximate surface area is 123 Å². The molecule has 0 aliphatic rings. The topological polar surface area (TPSA) is 37.4 Å². The van der Waals surface area contributed by atoms with Crippen LogP contribution in [0.5, 0.6) is 0 Å². The molecule has 0 heterocycles. The van der Waals surface area contributed by atoms with Crippen molar-refractivity contribution in [1.29, 1.82) is 0 Å². The fraction of sp³-hybridized carbons (Fsp3) is 0.333. The van der Waals surface area contributed by atoms with Gasteiger partial charge >= 0.3 is 0 Å². The Balaban J connectivity index is 4.94. The van der Waals surface area contributed by atoms with Crippen LogP contribution in [0, 0.1) is 0 Å². The number of nitrogens with zero attached hydrogens (tertiary/aromatic N) is 1. The predicted molar refractivity (Wildman–Crippen MR) is 73.5 cm³/mol. The van der Waals surface area contributed by atoms with E-state index in [1.165, 1.54) is 7.05 Å². The average Bonchev–Trinajstić information content (AvgIpc) is 2.15. The average molecular weight is 366 g/mol. The Kier molecular flexibility index (Phi) is 7.46. The first-order valence-corrected chi connectivity index (χ1v) is 7.68. The van der Waals surface area contributed by atoms with E-state index in [9.17, 15) is 8.42 Å². The molecule has 1 unspecified atom stereocenters. The molecule has 0 aliphatic heterocycles. The second-order valence-corrected chi connectivity index (χ2v) is 8.49. The maximum Gasteiger partial charge on any atom is 0.245 e. The van der Waals surface area contributed by atoms with Gasteiger partial charge in [-0.15, -0.1) is 3.71 Å². The first-order chi connectivity index (χ1) is 7.10. The summed E-state index contributed by atoms with van der Waals surface area (Å²) in [5.41, 5.74) is 0. The van der Waals surface area contributed by atoms with Crippen molar-refractivity contribution >= 4 is 80.0 Å². The van der Waals surface area contributed by atoms with Crippen molar-refractivity contribution in [2.24, 2.45) is 0 Å². The quantitative estimate of drug-likeness (QED) is 0.545. The monoisotopic (exact) mass is 363 g/mol. The predicted octanol–water partition coefficient (Wildman–Crippen LogP) is 4.06. The van der Waals surface area contributed by atoms with Gasteiger partial charge in [-0.2, -0.15) is 0 Å². The second kappa shape index (κ2) is 6.95. The number of halogens is 5. The molecule has 0 aromatic carbocycles. The Morgan fingerprint density at radius 3 is 2.06 bits per heavy atom. The van der Waals surface area contributed by atoms with Crippen molar-refractivity contribution in [2.45, 2.75) is 4.71 Å². The summed E-state index contributed by atoms with van der Waals surface area (Å²) in [6.07, 6.45) is 0. The molecular formula is C6H6Cl5NO2S2. The second-order valence-electron chi connectivity index (χ2n) is 2.34. The van der Waals surface area contributed by atoms with Gasteiger partial charge in [0.1, 0.15) is 8.86 Å². The third-order valence-electron chi connectivity index (χ3n) is 1.22. The Bertz CT molecular complexity index is 403. The first-order valence-electron chi connectivity index (χ1n) is 3.45. The van der Waals surface area contributed by atoms with Gasteiger partial charge in [0, 0.05) is 12.1 Å². The molecule has 0 fully saturated rings. The van der Waals surface area contributed by atoms with E-state index in [2.05, 4.69) is 6.58 Å². The number of rotatable bonds is 5. The largest absolute Gasteiger partial charge is 0.245 e. The van der Waals surface area contributed by atoms with Crippen molar-refractivity contribution in [3.05, 3.63) is 20.5 Å². The van der Waals surface area contributed by atoms with E-state index in [4.69, 9.17) is 58.0 Å². The molecule has 0 bridgehead atoms. The zero-order valence-electron chi connectivity index (χ0n) is 7.75. The number of alkyl halides is 1. The van der Waals surface area contributed by atoms with E-state index in [0.29, 0.717) is 11.9 Å². The standard InChI is InChI=1S/C6H6Cl5NO2S2/c1-3(7)6(11)16(13,14)12(2)15-5(10)4(8)9/h6H,1H2,2H3. The molecule has 3 nitrogen and oxygen atoms in total. The summed E-state index contributed by atoms with van der Waals surface area (Å²) in [6, 6.07) is 0. The van der Waals surface area contributed by atoms with Gasteiger partial charge in [0.15, 0.2) is 4.71 Å². The van der Waals surface area contributed by atoms with Gasteiger partial charge in [-0.05, 0) is 11.9 Å². The van der Waals surface area contributed by atoms with Crippen LogP contribution in [-0.2, 0) is 10.0 Å². The molecule has 1 atom stereocenters. The molecular weight excluding hydrogens is 359 g/mol. The molecule has 0 aromatic rings. The highest BCUT2D eigenvalue weighted by atomic mass is 35.5. The van der Waals surface area contributed by atoms with Gasteiger partial charge < -0.3 is 0 Å². The lowest BCUT2D eigenvalue weighted by Crippen LogP contribution is -2.28. The third-order valence-corrected chi connectivity index (χ3v) is 6.81. The van der Waals surface area contributed by atoms with Crippen molar-refractivity contribution in [1.82, 2.24) is 3.71 Å². The Hall–Kier alpha value is 1.19. The lowest BCUT2D eigenvalue weighted by atomic mass is 10.7. The third kappa shape index (κ3) is 4.82.